The molecule has 0 N–H and O–H groups in total. The van der Waals surface area contributed by atoms with Gasteiger partial charge in [-0.1, -0.05) is 35.4 Å². The molecule has 0 radical (unpaired) electrons. The molecular weight excluding hydrogens is 530 g/mol. The number of halogens is 1. The number of aromatic nitrogens is 1. The summed E-state index contributed by atoms with van der Waals surface area (Å²) in [4.78, 5) is 20.5. The molecule has 188 valence electrons. The Kier molecular flexibility index (Phi) is 7.34. The van der Waals surface area contributed by atoms with Gasteiger partial charge in [-0.2, -0.15) is 4.31 Å². The summed E-state index contributed by atoms with van der Waals surface area (Å²) in [6, 6.07) is 7.91. The summed E-state index contributed by atoms with van der Waals surface area (Å²) in [5.41, 5.74) is 0.682. The van der Waals surface area contributed by atoms with Crippen LogP contribution in [0.25, 0.3) is 10.2 Å². The molecule has 8 nitrogen and oxygen atoms in total. The number of methoxy groups -OCH3 is 1. The Bertz CT molecular complexity index is 1320. The monoisotopic (exact) mass is 555 g/mol. The van der Waals surface area contributed by atoms with Gasteiger partial charge in [-0.3, -0.25) is 9.69 Å². The first-order valence-electron chi connectivity index (χ1n) is 11.5. The molecule has 12 heteroatoms. The molecule has 2 aliphatic heterocycles. The van der Waals surface area contributed by atoms with Crippen molar-refractivity contribution in [2.45, 2.75) is 48.5 Å². The highest BCUT2D eigenvalue weighted by Crippen LogP contribution is 2.37. The molecule has 0 aliphatic carbocycles. The van der Waals surface area contributed by atoms with Crippen LogP contribution in [0.3, 0.4) is 0 Å². The van der Waals surface area contributed by atoms with E-state index in [4.69, 9.17) is 26.1 Å². The summed E-state index contributed by atoms with van der Waals surface area (Å²) in [6.45, 7) is 1.27. The van der Waals surface area contributed by atoms with E-state index >= 15 is 0 Å². The standard InChI is InChI=1S/C23H26ClN3O5S3/c1-31-17-8-4-9-18-21(17)25-23(33-18)26(14-15-6-5-13-32-15)22(28)16-7-2-3-12-27(16)35(29,30)20-11-10-19(24)34-20/h4,8-11,15-16H,2-3,5-7,12-14H2,1H3. The number of para-hydroxylation sites is 1. The van der Waals surface area contributed by atoms with Gasteiger partial charge in [0.2, 0.25) is 5.91 Å². The fourth-order valence-electron chi connectivity index (χ4n) is 4.62. The van der Waals surface area contributed by atoms with E-state index in [-0.39, 0.29) is 22.8 Å². The maximum atomic E-state index is 14.1. The van der Waals surface area contributed by atoms with Crippen LogP contribution in [0.5, 0.6) is 5.75 Å². The number of nitrogens with zero attached hydrogens (tertiary/aromatic N) is 3. The predicted molar refractivity (Wildman–Crippen MR) is 138 cm³/mol. The molecule has 2 saturated heterocycles. The summed E-state index contributed by atoms with van der Waals surface area (Å²) in [7, 11) is -2.27. The maximum Gasteiger partial charge on any atom is 0.253 e. The van der Waals surface area contributed by atoms with Crippen LogP contribution in [0, 0.1) is 0 Å². The number of carbonyl (C=O) groups excluding carboxylic acids is 1. The SMILES string of the molecule is COc1cccc2sc(N(CC3CCCO3)C(=O)C3CCCCN3S(=O)(=O)c3ccc(Cl)s3)nc12. The molecule has 2 aromatic heterocycles. The van der Waals surface area contributed by atoms with Crippen LogP contribution in [0.4, 0.5) is 5.13 Å². The van der Waals surface area contributed by atoms with Crippen molar-refractivity contribution < 1.29 is 22.7 Å². The van der Waals surface area contributed by atoms with E-state index in [0.717, 1.165) is 35.3 Å². The van der Waals surface area contributed by atoms with E-state index in [1.54, 1.807) is 18.1 Å². The van der Waals surface area contributed by atoms with Gasteiger partial charge in [0.05, 0.1) is 28.8 Å². The van der Waals surface area contributed by atoms with Crippen LogP contribution in [0.15, 0.2) is 34.5 Å². The van der Waals surface area contributed by atoms with Gasteiger partial charge >= 0.3 is 0 Å². The molecule has 3 aromatic rings. The van der Waals surface area contributed by atoms with Crippen LogP contribution >= 0.6 is 34.3 Å². The van der Waals surface area contributed by atoms with E-state index < -0.39 is 16.1 Å². The molecule has 0 bridgehead atoms. The molecule has 5 rings (SSSR count). The second kappa shape index (κ2) is 10.3. The van der Waals surface area contributed by atoms with E-state index in [2.05, 4.69) is 0 Å². The Morgan fingerprint density at radius 2 is 2.09 bits per heavy atom. The van der Waals surface area contributed by atoms with Crippen LogP contribution in [0.1, 0.15) is 32.1 Å². The zero-order chi connectivity index (χ0) is 24.6. The number of thiophene rings is 1. The van der Waals surface area contributed by atoms with E-state index in [9.17, 15) is 13.2 Å². The maximum absolute atomic E-state index is 14.1. The molecule has 4 heterocycles. The minimum absolute atomic E-state index is 0.113. The molecule has 2 fully saturated rings. The first-order valence-corrected chi connectivity index (χ1v) is 15.0. The average molecular weight is 556 g/mol. The molecule has 0 spiro atoms. The largest absolute Gasteiger partial charge is 0.494 e. The topological polar surface area (TPSA) is 89.0 Å². The fraction of sp³-hybridized carbons (Fsp3) is 0.478. The lowest BCUT2D eigenvalue weighted by Crippen LogP contribution is -2.54. The number of fused-ring (bicyclic) bond motifs is 1. The van der Waals surface area contributed by atoms with Crippen molar-refractivity contribution in [2.75, 3.05) is 31.7 Å². The Hall–Kier alpha value is -1.76. The quantitative estimate of drug-likeness (QED) is 0.417. The summed E-state index contributed by atoms with van der Waals surface area (Å²) >= 11 is 8.42. The number of sulfonamides is 1. The van der Waals surface area contributed by atoms with Crippen molar-refractivity contribution in [3.63, 3.8) is 0 Å². The molecule has 0 saturated carbocycles. The Balaban J connectivity index is 1.52. The van der Waals surface area contributed by atoms with Crippen LogP contribution in [-0.4, -0.2) is 62.6 Å². The third kappa shape index (κ3) is 4.94. The second-order valence-corrected chi connectivity index (χ2v) is 13.4. The third-order valence-corrected chi connectivity index (χ3v) is 11.0. The van der Waals surface area contributed by atoms with Gasteiger partial charge in [-0.25, -0.2) is 13.4 Å². The lowest BCUT2D eigenvalue weighted by atomic mass is 10.0. The highest BCUT2D eigenvalue weighted by molar-refractivity contribution is 7.91. The zero-order valence-corrected chi connectivity index (χ0v) is 22.4. The molecule has 2 aliphatic rings. The third-order valence-electron chi connectivity index (χ3n) is 6.35. The second-order valence-electron chi connectivity index (χ2n) is 8.57. The van der Waals surface area contributed by atoms with Crippen molar-refractivity contribution in [3.05, 3.63) is 34.7 Å². The van der Waals surface area contributed by atoms with Crippen LogP contribution < -0.4 is 9.64 Å². The highest BCUT2D eigenvalue weighted by atomic mass is 35.5. The number of carbonyl (C=O) groups is 1. The van der Waals surface area contributed by atoms with Crippen molar-refractivity contribution in [3.8, 4) is 5.75 Å². The highest BCUT2D eigenvalue weighted by Gasteiger charge is 2.41. The molecular formula is C23H26ClN3O5S3. The summed E-state index contributed by atoms with van der Waals surface area (Å²) < 4.78 is 41.1. The number of ether oxygens (including phenoxy) is 2. The molecule has 1 aromatic carbocycles. The van der Waals surface area contributed by atoms with Gasteiger partial charge in [0.1, 0.15) is 21.5 Å². The smallest absolute Gasteiger partial charge is 0.253 e. The summed E-state index contributed by atoms with van der Waals surface area (Å²) in [6.07, 6.45) is 3.59. The number of thiazole rings is 1. The normalized spacial score (nSPS) is 21.4. The lowest BCUT2D eigenvalue weighted by molar-refractivity contribution is -0.123. The molecule has 2 atom stereocenters. The number of rotatable bonds is 7. The Labute approximate surface area is 217 Å². The molecule has 2 unspecified atom stereocenters. The summed E-state index contributed by atoms with van der Waals surface area (Å²) in [5.74, 6) is 0.357. The van der Waals surface area contributed by atoms with Gasteiger partial charge in [-0.05, 0) is 49.9 Å². The fourth-order valence-corrected chi connectivity index (χ4v) is 8.88. The van der Waals surface area contributed by atoms with Crippen molar-refractivity contribution in [1.29, 1.82) is 0 Å². The first kappa shape index (κ1) is 24.9. The zero-order valence-electron chi connectivity index (χ0n) is 19.2. The predicted octanol–water partition coefficient (Wildman–Crippen LogP) is 4.78. The van der Waals surface area contributed by atoms with Crippen LogP contribution in [-0.2, 0) is 19.6 Å². The number of anilines is 1. The van der Waals surface area contributed by atoms with E-state index in [0.29, 0.717) is 46.7 Å². The number of piperidine rings is 1. The molecule has 1 amide bonds. The average Bonchev–Trinajstić information content (AvgIpc) is 3.62. The first-order chi connectivity index (χ1) is 16.9. The van der Waals surface area contributed by atoms with Gasteiger partial charge in [-0.15, -0.1) is 11.3 Å². The van der Waals surface area contributed by atoms with Gasteiger partial charge in [0.25, 0.3) is 10.0 Å². The molecule has 35 heavy (non-hydrogen) atoms. The lowest BCUT2D eigenvalue weighted by Gasteiger charge is -2.36. The van der Waals surface area contributed by atoms with Gasteiger partial charge < -0.3 is 9.47 Å². The Morgan fingerprint density at radius 3 is 2.80 bits per heavy atom. The minimum atomic E-state index is -3.86. The van der Waals surface area contributed by atoms with Crippen molar-refractivity contribution >= 4 is 65.6 Å². The van der Waals surface area contributed by atoms with Gasteiger partial charge in [0, 0.05) is 13.2 Å². The Morgan fingerprint density at radius 1 is 1.23 bits per heavy atom. The van der Waals surface area contributed by atoms with Gasteiger partial charge in [0.15, 0.2) is 5.13 Å². The summed E-state index contributed by atoms with van der Waals surface area (Å²) in [5, 5.41) is 0.520. The van der Waals surface area contributed by atoms with E-state index in [1.807, 2.05) is 18.2 Å². The number of amides is 1. The minimum Gasteiger partial charge on any atom is -0.494 e. The van der Waals surface area contributed by atoms with Crippen LogP contribution in [0.2, 0.25) is 4.34 Å². The van der Waals surface area contributed by atoms with Crippen molar-refractivity contribution in [2.24, 2.45) is 0 Å². The van der Waals surface area contributed by atoms with E-state index in [1.165, 1.54) is 21.7 Å². The number of hydrogen-bond donors (Lipinski definition) is 0. The number of hydrogen-bond acceptors (Lipinski definition) is 8. The number of benzene rings is 1. The van der Waals surface area contributed by atoms with Crippen molar-refractivity contribution in [1.82, 2.24) is 9.29 Å².